The smallest absolute Gasteiger partial charge is 0.225 e. The Morgan fingerprint density at radius 1 is 1.62 bits per heavy atom. The first-order chi connectivity index (χ1) is 6.45. The molecule has 0 aromatic carbocycles. The van der Waals surface area contributed by atoms with E-state index < -0.39 is 0 Å². The zero-order chi connectivity index (χ0) is 8.93. The number of rotatable bonds is 3. The Bertz CT molecular complexity index is 367. The average molecular weight is 194 g/mol. The Kier molecular flexibility index (Phi) is 2.33. The first kappa shape index (κ1) is 7.93. The van der Waals surface area contributed by atoms with Crippen molar-refractivity contribution in [2.45, 2.75) is 0 Å². The van der Waals surface area contributed by atoms with Crippen LogP contribution in [-0.4, -0.2) is 16.4 Å². The highest BCUT2D eigenvalue weighted by Gasteiger charge is 1.91. The minimum atomic E-state index is 0.655. The Morgan fingerprint density at radius 3 is 3.31 bits per heavy atom. The molecule has 6 heteroatoms. The van der Waals surface area contributed by atoms with Gasteiger partial charge in [-0.05, 0) is 12.1 Å². The van der Waals surface area contributed by atoms with E-state index in [0.29, 0.717) is 10.9 Å². The zero-order valence-corrected chi connectivity index (χ0v) is 7.36. The Labute approximate surface area is 78.1 Å². The highest BCUT2D eigenvalue weighted by atomic mass is 32.1. The second kappa shape index (κ2) is 3.81. The summed E-state index contributed by atoms with van der Waals surface area (Å²) < 4.78 is 5.03. The van der Waals surface area contributed by atoms with E-state index in [1.165, 1.54) is 11.3 Å². The summed E-state index contributed by atoms with van der Waals surface area (Å²) in [6, 6.07) is 3.61. The van der Waals surface area contributed by atoms with Crippen molar-refractivity contribution >= 4 is 22.7 Å². The molecule has 0 saturated carbocycles. The minimum absolute atomic E-state index is 0.655. The third-order valence-electron chi connectivity index (χ3n) is 1.26. The van der Waals surface area contributed by atoms with Crippen molar-refractivity contribution in [1.29, 1.82) is 0 Å². The summed E-state index contributed by atoms with van der Waals surface area (Å²) in [4.78, 5) is 0. The Balaban J connectivity index is 1.93. The lowest BCUT2D eigenvalue weighted by molar-refractivity contribution is 0.560. The molecule has 0 bridgehead atoms. The number of aromatic nitrogens is 2. The first-order valence-corrected chi connectivity index (χ1v) is 4.42. The summed E-state index contributed by atoms with van der Waals surface area (Å²) in [7, 11) is 0. The van der Waals surface area contributed by atoms with E-state index in [9.17, 15) is 0 Å². The lowest BCUT2D eigenvalue weighted by Crippen LogP contribution is -1.88. The van der Waals surface area contributed by atoms with Gasteiger partial charge in [0, 0.05) is 0 Å². The number of hydrazone groups is 1. The lowest BCUT2D eigenvalue weighted by atomic mass is 10.5. The van der Waals surface area contributed by atoms with Gasteiger partial charge in [0.25, 0.3) is 0 Å². The maximum Gasteiger partial charge on any atom is 0.225 e. The Hall–Kier alpha value is -1.69. The molecule has 0 unspecified atom stereocenters. The second-order valence-corrected chi connectivity index (χ2v) is 2.96. The van der Waals surface area contributed by atoms with Crippen molar-refractivity contribution in [1.82, 2.24) is 10.2 Å². The van der Waals surface area contributed by atoms with Gasteiger partial charge in [-0.25, -0.2) is 0 Å². The van der Waals surface area contributed by atoms with E-state index in [-0.39, 0.29) is 0 Å². The van der Waals surface area contributed by atoms with Gasteiger partial charge in [0.2, 0.25) is 5.13 Å². The molecule has 2 rings (SSSR count). The Morgan fingerprint density at radius 2 is 2.62 bits per heavy atom. The predicted molar refractivity (Wildman–Crippen MR) is 49.8 cm³/mol. The predicted octanol–water partition coefficient (Wildman–Crippen LogP) is 1.58. The van der Waals surface area contributed by atoms with E-state index in [2.05, 4.69) is 20.7 Å². The monoisotopic (exact) mass is 194 g/mol. The van der Waals surface area contributed by atoms with Crippen LogP contribution in [0.2, 0.25) is 0 Å². The fourth-order valence-corrected chi connectivity index (χ4v) is 1.13. The molecule has 0 aliphatic carbocycles. The zero-order valence-electron chi connectivity index (χ0n) is 6.54. The molecule has 0 saturated heterocycles. The molecule has 0 aliphatic rings. The van der Waals surface area contributed by atoms with Crippen LogP contribution in [0.5, 0.6) is 0 Å². The van der Waals surface area contributed by atoms with E-state index >= 15 is 0 Å². The van der Waals surface area contributed by atoms with E-state index in [4.69, 9.17) is 4.42 Å². The average Bonchev–Trinajstić information content (AvgIpc) is 2.75. The van der Waals surface area contributed by atoms with Gasteiger partial charge in [-0.15, -0.1) is 10.2 Å². The maximum atomic E-state index is 5.03. The number of hydrogen-bond acceptors (Lipinski definition) is 6. The van der Waals surface area contributed by atoms with Gasteiger partial charge >= 0.3 is 0 Å². The molecule has 2 aromatic heterocycles. The molecule has 0 radical (unpaired) electrons. The molecule has 5 nitrogen and oxygen atoms in total. The molecule has 0 aliphatic heterocycles. The molecule has 66 valence electrons. The third kappa shape index (κ3) is 2.12. The molecule has 0 atom stereocenters. The van der Waals surface area contributed by atoms with Crippen LogP contribution in [0, 0.1) is 0 Å². The summed E-state index contributed by atoms with van der Waals surface area (Å²) in [6.45, 7) is 0. The molecular formula is C7H6N4OS. The van der Waals surface area contributed by atoms with Crippen molar-refractivity contribution in [2.24, 2.45) is 5.10 Å². The quantitative estimate of drug-likeness (QED) is 0.595. The first-order valence-electron chi connectivity index (χ1n) is 3.54. The van der Waals surface area contributed by atoms with E-state index in [0.717, 1.165) is 0 Å². The molecule has 0 spiro atoms. The lowest BCUT2D eigenvalue weighted by Gasteiger charge is -1.88. The van der Waals surface area contributed by atoms with Crippen LogP contribution >= 0.6 is 11.3 Å². The highest BCUT2D eigenvalue weighted by molar-refractivity contribution is 7.13. The molecule has 1 N–H and O–H groups in total. The van der Waals surface area contributed by atoms with Crippen LogP contribution in [0.4, 0.5) is 5.13 Å². The normalized spacial score (nSPS) is 10.8. The topological polar surface area (TPSA) is 63.3 Å². The van der Waals surface area contributed by atoms with Gasteiger partial charge in [-0.1, -0.05) is 11.3 Å². The van der Waals surface area contributed by atoms with E-state index in [1.54, 1.807) is 24.1 Å². The van der Waals surface area contributed by atoms with Gasteiger partial charge in [0.05, 0.1) is 12.5 Å². The summed E-state index contributed by atoms with van der Waals surface area (Å²) >= 11 is 1.38. The van der Waals surface area contributed by atoms with Crippen LogP contribution in [0.3, 0.4) is 0 Å². The summed E-state index contributed by atoms with van der Waals surface area (Å²) in [5.41, 5.74) is 4.35. The van der Waals surface area contributed by atoms with Crippen LogP contribution < -0.4 is 5.43 Å². The summed E-state index contributed by atoms with van der Waals surface area (Å²) in [5, 5.41) is 11.9. The molecule has 13 heavy (non-hydrogen) atoms. The standard InChI is InChI=1S/C7H6N4OS/c1-2-6(12-3-1)4-8-10-7-11-9-5-13-7/h1-5H,(H,10,11)/b8-4+. The van der Waals surface area contributed by atoms with Crippen LogP contribution in [0.15, 0.2) is 33.4 Å². The summed E-state index contributed by atoms with van der Waals surface area (Å²) in [5.74, 6) is 0.692. The van der Waals surface area contributed by atoms with Gasteiger partial charge < -0.3 is 4.42 Å². The fraction of sp³-hybridized carbons (Fsp3) is 0. The van der Waals surface area contributed by atoms with Crippen molar-refractivity contribution in [2.75, 3.05) is 5.43 Å². The van der Waals surface area contributed by atoms with Crippen LogP contribution in [-0.2, 0) is 0 Å². The van der Waals surface area contributed by atoms with Gasteiger partial charge in [0.1, 0.15) is 11.3 Å². The largest absolute Gasteiger partial charge is 0.463 e. The molecule has 2 heterocycles. The number of furan rings is 1. The molecular weight excluding hydrogens is 188 g/mol. The molecule has 0 fully saturated rings. The van der Waals surface area contributed by atoms with Crippen molar-refractivity contribution in [3.63, 3.8) is 0 Å². The summed E-state index contributed by atoms with van der Waals surface area (Å²) in [6.07, 6.45) is 3.16. The highest BCUT2D eigenvalue weighted by Crippen LogP contribution is 2.07. The van der Waals surface area contributed by atoms with Gasteiger partial charge in [0.15, 0.2) is 0 Å². The minimum Gasteiger partial charge on any atom is -0.463 e. The van der Waals surface area contributed by atoms with Crippen LogP contribution in [0.1, 0.15) is 5.76 Å². The maximum absolute atomic E-state index is 5.03. The van der Waals surface area contributed by atoms with E-state index in [1.807, 2.05) is 6.07 Å². The third-order valence-corrected chi connectivity index (χ3v) is 1.85. The number of hydrogen-bond donors (Lipinski definition) is 1. The second-order valence-electron chi connectivity index (χ2n) is 2.13. The molecule has 2 aromatic rings. The van der Waals surface area contributed by atoms with Gasteiger partial charge in [-0.2, -0.15) is 5.10 Å². The van der Waals surface area contributed by atoms with Crippen LogP contribution in [0.25, 0.3) is 0 Å². The van der Waals surface area contributed by atoms with Crippen molar-refractivity contribution in [3.05, 3.63) is 29.7 Å². The van der Waals surface area contributed by atoms with Gasteiger partial charge in [-0.3, -0.25) is 5.43 Å². The SMILES string of the molecule is C(=N\Nc1nncs1)/c1ccco1. The number of anilines is 1. The molecule has 0 amide bonds. The number of nitrogens with one attached hydrogen (secondary N) is 1. The van der Waals surface area contributed by atoms with Crippen molar-refractivity contribution < 1.29 is 4.42 Å². The van der Waals surface area contributed by atoms with Crippen molar-refractivity contribution in [3.8, 4) is 0 Å². The fourth-order valence-electron chi connectivity index (χ4n) is 0.738. The number of nitrogens with zero attached hydrogens (tertiary/aromatic N) is 3.